The van der Waals surface area contributed by atoms with E-state index in [0.29, 0.717) is 22.0 Å². The summed E-state index contributed by atoms with van der Waals surface area (Å²) in [7, 11) is 0. The molecule has 3 N–H and O–H groups in total. The lowest BCUT2D eigenvalue weighted by atomic mass is 10.1. The third kappa shape index (κ3) is 4.92. The van der Waals surface area contributed by atoms with E-state index >= 15 is 0 Å². The molecule has 1 unspecified atom stereocenters. The minimum Gasteiger partial charge on any atom is -0.326 e. The van der Waals surface area contributed by atoms with E-state index in [-0.39, 0.29) is 17.1 Å². The van der Waals surface area contributed by atoms with Gasteiger partial charge in [0.25, 0.3) is 5.91 Å². The van der Waals surface area contributed by atoms with E-state index in [4.69, 9.17) is 11.6 Å². The number of fused-ring (bicyclic) bond motifs is 1. The Morgan fingerprint density at radius 3 is 2.70 bits per heavy atom. The molecule has 30 heavy (non-hydrogen) atoms. The van der Waals surface area contributed by atoms with E-state index in [2.05, 4.69) is 15.4 Å². The SMILES string of the molecule is CC1Sc2ccc(C(=O)Nc3cccc(SNc4cccc(Cl)c4)c3)cc2NC1=O. The molecule has 3 aromatic rings. The van der Waals surface area contributed by atoms with E-state index in [1.165, 1.54) is 23.7 Å². The fourth-order valence-electron chi connectivity index (χ4n) is 2.86. The normalized spacial score (nSPS) is 15.1. The predicted molar refractivity (Wildman–Crippen MR) is 126 cm³/mol. The number of anilines is 3. The summed E-state index contributed by atoms with van der Waals surface area (Å²) in [5.74, 6) is -0.289. The zero-order valence-corrected chi connectivity index (χ0v) is 18.3. The number of benzene rings is 3. The van der Waals surface area contributed by atoms with Crippen LogP contribution in [0.25, 0.3) is 0 Å². The molecule has 0 saturated heterocycles. The number of halogens is 1. The highest BCUT2D eigenvalue weighted by Crippen LogP contribution is 2.36. The topological polar surface area (TPSA) is 70.2 Å². The predicted octanol–water partition coefficient (Wildman–Crippen LogP) is 6.14. The Kier molecular flexibility index (Phi) is 6.22. The highest BCUT2D eigenvalue weighted by atomic mass is 35.5. The Morgan fingerprint density at radius 1 is 1.07 bits per heavy atom. The first kappa shape index (κ1) is 20.7. The summed E-state index contributed by atoms with van der Waals surface area (Å²) in [6.07, 6.45) is 0. The molecule has 0 fully saturated rings. The molecule has 1 heterocycles. The smallest absolute Gasteiger partial charge is 0.255 e. The van der Waals surface area contributed by atoms with Gasteiger partial charge in [0.2, 0.25) is 5.91 Å². The van der Waals surface area contributed by atoms with Gasteiger partial charge in [-0.3, -0.25) is 9.59 Å². The number of hydrogen-bond acceptors (Lipinski definition) is 5. The number of carbonyl (C=O) groups excluding carboxylic acids is 2. The van der Waals surface area contributed by atoms with E-state index in [1.807, 2.05) is 61.5 Å². The van der Waals surface area contributed by atoms with Crippen LogP contribution in [0.2, 0.25) is 5.02 Å². The van der Waals surface area contributed by atoms with Crippen LogP contribution in [0, 0.1) is 0 Å². The van der Waals surface area contributed by atoms with Crippen molar-refractivity contribution in [2.45, 2.75) is 22.0 Å². The third-order valence-electron chi connectivity index (χ3n) is 4.38. The quantitative estimate of drug-likeness (QED) is 0.403. The Balaban J connectivity index is 1.43. The monoisotopic (exact) mass is 455 g/mol. The number of amides is 2. The van der Waals surface area contributed by atoms with Crippen molar-refractivity contribution >= 4 is 64.2 Å². The minimum absolute atomic E-state index is 0.0537. The number of rotatable bonds is 5. The summed E-state index contributed by atoms with van der Waals surface area (Å²) in [4.78, 5) is 26.5. The van der Waals surface area contributed by atoms with Crippen molar-refractivity contribution in [3.8, 4) is 0 Å². The number of thioether (sulfide) groups is 1. The molecular weight excluding hydrogens is 438 g/mol. The Bertz CT molecular complexity index is 1120. The average Bonchev–Trinajstić information content (AvgIpc) is 2.73. The third-order valence-corrected chi connectivity index (χ3v) is 6.62. The largest absolute Gasteiger partial charge is 0.326 e. The molecule has 1 atom stereocenters. The summed E-state index contributed by atoms with van der Waals surface area (Å²) < 4.78 is 3.23. The average molecular weight is 456 g/mol. The second-order valence-corrected chi connectivity index (χ2v) is 9.36. The summed E-state index contributed by atoms with van der Waals surface area (Å²) in [5, 5.41) is 6.29. The van der Waals surface area contributed by atoms with Crippen molar-refractivity contribution in [2.75, 3.05) is 15.4 Å². The van der Waals surface area contributed by atoms with Crippen LogP contribution in [0.4, 0.5) is 17.1 Å². The minimum atomic E-state index is -0.236. The van der Waals surface area contributed by atoms with Crippen molar-refractivity contribution in [3.05, 3.63) is 77.3 Å². The van der Waals surface area contributed by atoms with Gasteiger partial charge in [0, 0.05) is 31.8 Å². The second kappa shape index (κ2) is 9.04. The first-order chi connectivity index (χ1) is 14.5. The van der Waals surface area contributed by atoms with Gasteiger partial charge in [0.15, 0.2) is 0 Å². The van der Waals surface area contributed by atoms with Crippen molar-refractivity contribution < 1.29 is 9.59 Å². The highest BCUT2D eigenvalue weighted by Gasteiger charge is 2.23. The fourth-order valence-corrected chi connectivity index (χ4v) is 4.68. The first-order valence-corrected chi connectivity index (χ1v) is 11.3. The maximum atomic E-state index is 12.7. The van der Waals surface area contributed by atoms with Crippen LogP contribution in [0.3, 0.4) is 0 Å². The standard InChI is InChI=1S/C22H18ClN3O2S2/c1-13-21(27)25-19-10-14(8-9-20(19)29-13)22(28)24-16-5-3-7-18(12-16)30-26-17-6-2-4-15(23)11-17/h2-13,26H,1H3,(H,24,28)(H,25,27). The molecule has 0 aliphatic carbocycles. The molecule has 8 heteroatoms. The van der Waals surface area contributed by atoms with Crippen molar-refractivity contribution in [3.63, 3.8) is 0 Å². The molecule has 1 aliphatic rings. The molecule has 0 radical (unpaired) electrons. The summed E-state index contributed by atoms with van der Waals surface area (Å²) in [6.45, 7) is 1.86. The molecule has 0 spiro atoms. The van der Waals surface area contributed by atoms with Gasteiger partial charge in [0.05, 0.1) is 10.9 Å². The molecule has 0 saturated carbocycles. The van der Waals surface area contributed by atoms with E-state index < -0.39 is 0 Å². The first-order valence-electron chi connectivity index (χ1n) is 9.19. The number of hydrogen-bond donors (Lipinski definition) is 3. The fraction of sp³-hybridized carbons (Fsp3) is 0.0909. The summed E-state index contributed by atoms with van der Waals surface area (Å²) >= 11 is 8.92. The van der Waals surface area contributed by atoms with E-state index in [0.717, 1.165) is 15.5 Å². The zero-order chi connectivity index (χ0) is 21.1. The molecule has 4 rings (SSSR count). The maximum Gasteiger partial charge on any atom is 0.255 e. The summed E-state index contributed by atoms with van der Waals surface area (Å²) in [5.41, 5.74) is 2.73. The lowest BCUT2D eigenvalue weighted by Crippen LogP contribution is -2.26. The van der Waals surface area contributed by atoms with Crippen molar-refractivity contribution in [1.82, 2.24) is 0 Å². The van der Waals surface area contributed by atoms with Gasteiger partial charge in [-0.2, -0.15) is 0 Å². The lowest BCUT2D eigenvalue weighted by molar-refractivity contribution is -0.115. The van der Waals surface area contributed by atoms with Crippen LogP contribution < -0.4 is 15.4 Å². The van der Waals surface area contributed by atoms with Gasteiger partial charge >= 0.3 is 0 Å². The van der Waals surface area contributed by atoms with Crippen LogP contribution in [-0.4, -0.2) is 17.1 Å². The Hall–Kier alpha value is -2.61. The second-order valence-electron chi connectivity index (χ2n) is 6.66. The van der Waals surface area contributed by atoms with Crippen LogP contribution in [0.1, 0.15) is 17.3 Å². The van der Waals surface area contributed by atoms with Crippen LogP contribution >= 0.6 is 35.3 Å². The molecule has 5 nitrogen and oxygen atoms in total. The van der Waals surface area contributed by atoms with Gasteiger partial charge in [-0.05, 0) is 73.5 Å². The maximum absolute atomic E-state index is 12.7. The zero-order valence-electron chi connectivity index (χ0n) is 15.9. The van der Waals surface area contributed by atoms with Crippen LogP contribution in [-0.2, 0) is 4.79 Å². The summed E-state index contributed by atoms with van der Waals surface area (Å²) in [6, 6.07) is 20.4. The van der Waals surface area contributed by atoms with Crippen LogP contribution in [0.15, 0.2) is 76.5 Å². The molecule has 3 aromatic carbocycles. The molecular formula is C22H18ClN3O2S2. The Labute approximate surface area is 188 Å². The number of nitrogens with one attached hydrogen (secondary N) is 3. The Morgan fingerprint density at radius 2 is 1.87 bits per heavy atom. The highest BCUT2D eigenvalue weighted by molar-refractivity contribution is 8.01. The van der Waals surface area contributed by atoms with Crippen LogP contribution in [0.5, 0.6) is 0 Å². The molecule has 0 bridgehead atoms. The van der Waals surface area contributed by atoms with Crippen molar-refractivity contribution in [2.24, 2.45) is 0 Å². The van der Waals surface area contributed by atoms with Gasteiger partial charge in [-0.15, -0.1) is 11.8 Å². The van der Waals surface area contributed by atoms with Gasteiger partial charge in [-0.25, -0.2) is 0 Å². The van der Waals surface area contributed by atoms with Gasteiger partial charge in [-0.1, -0.05) is 23.7 Å². The van der Waals surface area contributed by atoms with E-state index in [1.54, 1.807) is 12.1 Å². The van der Waals surface area contributed by atoms with Gasteiger partial charge in [0.1, 0.15) is 0 Å². The van der Waals surface area contributed by atoms with Gasteiger partial charge < -0.3 is 15.4 Å². The molecule has 152 valence electrons. The molecule has 0 aromatic heterocycles. The molecule has 2 amide bonds. The van der Waals surface area contributed by atoms with Crippen molar-refractivity contribution in [1.29, 1.82) is 0 Å². The lowest BCUT2D eigenvalue weighted by Gasteiger charge is -2.21. The van der Waals surface area contributed by atoms with E-state index in [9.17, 15) is 9.59 Å². The number of carbonyl (C=O) groups is 2. The molecule has 1 aliphatic heterocycles.